The molecule has 412 valence electrons. The number of nitrogens with one attached hydrogen (secondary N) is 1. The van der Waals surface area contributed by atoms with Crippen molar-refractivity contribution in [2.24, 2.45) is 5.92 Å². The fraction of sp³-hybridized carbons (Fsp3) is 0.500. The van der Waals surface area contributed by atoms with Gasteiger partial charge in [-0.3, -0.25) is 9.59 Å². The number of carbonyl (C=O) groups is 2. The molecule has 19 nitrogen and oxygen atoms in total. The number of aromatic hydroxyl groups is 1. The summed E-state index contributed by atoms with van der Waals surface area (Å²) >= 11 is 1.59. The highest BCUT2D eigenvalue weighted by atomic mass is 32.1. The van der Waals surface area contributed by atoms with E-state index in [2.05, 4.69) is 57.5 Å². The average molecular weight is 1080 g/mol. The number of hydrogen-bond acceptors (Lipinski definition) is 18. The number of ether oxygens (including phenoxy) is 3. The molecule has 11 rings (SSSR count). The van der Waals surface area contributed by atoms with Crippen molar-refractivity contribution in [2.45, 2.75) is 134 Å². The number of anilines is 3. The van der Waals surface area contributed by atoms with E-state index in [1.807, 2.05) is 81.9 Å². The number of carbonyl (C=O) groups excluding carboxylic acids is 2. The Balaban J connectivity index is 0.589. The van der Waals surface area contributed by atoms with E-state index in [9.17, 15) is 19.8 Å². The molecule has 6 atom stereocenters. The van der Waals surface area contributed by atoms with Gasteiger partial charge in [-0.2, -0.15) is 0 Å². The standard InChI is InChI=1S/C58H71N11O8S/c1-34(2)54(58(73)68-32-42(70)25-49(68)57(72)62-35(3)37-10-12-38(13-11-37)55-36(4)61-33-78-55)51-29-53(65-77-51)74-23-7-20-66-21-17-43(18-22-66)75-44-26-45(27-44)76-52-24-39(16-19-60-52)69-40-14-15-41(69)31-67(30-40)48-28-47(63-64-56(48)59)46-8-5-6-9-50(46)71/h5-6,8-13,16,19,24,28-29,33-35,40-45,49,54,70-71H,7,14-15,17-18,20-23,25-27,30-32H2,1-4H3,(H2,59,64)(H,62,72)/t35-,40?,41?,42+,44?,45?,49-,54+/m0/s1. The van der Waals surface area contributed by atoms with Crippen molar-refractivity contribution < 1.29 is 38.5 Å². The Kier molecular flexibility index (Phi) is 15.8. The quantitative estimate of drug-likeness (QED) is 0.0574. The molecule has 5 fully saturated rings. The second kappa shape index (κ2) is 23.2. The molecule has 2 unspecified atom stereocenters. The van der Waals surface area contributed by atoms with Gasteiger partial charge in [0.15, 0.2) is 11.6 Å². The predicted molar refractivity (Wildman–Crippen MR) is 296 cm³/mol. The van der Waals surface area contributed by atoms with Crippen LogP contribution < -0.4 is 30.3 Å². The molecule has 1 aliphatic carbocycles. The zero-order valence-corrected chi connectivity index (χ0v) is 45.6. The van der Waals surface area contributed by atoms with Crippen LogP contribution in [0.2, 0.25) is 0 Å². The number of likely N-dealkylation sites (tertiary alicyclic amines) is 2. The first-order chi connectivity index (χ1) is 37.8. The number of aliphatic hydroxyl groups is 1. The van der Waals surface area contributed by atoms with Crippen molar-refractivity contribution in [3.8, 4) is 39.2 Å². The summed E-state index contributed by atoms with van der Waals surface area (Å²) in [7, 11) is 0. The van der Waals surface area contributed by atoms with Crippen molar-refractivity contribution in [1.29, 1.82) is 0 Å². The molecule has 6 aromatic rings. The Labute approximate surface area is 459 Å². The fourth-order valence-electron chi connectivity index (χ4n) is 12.1. The number of para-hydroxylation sites is 1. The summed E-state index contributed by atoms with van der Waals surface area (Å²) < 4.78 is 24.7. The number of nitrogens with zero attached hydrogens (tertiary/aromatic N) is 9. The van der Waals surface area contributed by atoms with Gasteiger partial charge >= 0.3 is 0 Å². The molecule has 20 heteroatoms. The molecule has 5 aliphatic rings. The zero-order chi connectivity index (χ0) is 54.0. The third-order valence-corrected chi connectivity index (χ3v) is 17.3. The topological polar surface area (TPSA) is 231 Å². The number of amides is 2. The summed E-state index contributed by atoms with van der Waals surface area (Å²) in [5.74, 6) is 0.391. The fourth-order valence-corrected chi connectivity index (χ4v) is 12.9. The summed E-state index contributed by atoms with van der Waals surface area (Å²) in [6, 6.07) is 22.4. The number of aliphatic hydroxyl groups excluding tert-OH is 1. The number of phenolic OH excluding ortho intramolecular Hbond substituents is 1. The summed E-state index contributed by atoms with van der Waals surface area (Å²) in [5.41, 5.74) is 14.4. The molecule has 8 heterocycles. The zero-order valence-electron chi connectivity index (χ0n) is 44.8. The van der Waals surface area contributed by atoms with Crippen LogP contribution in [0.3, 0.4) is 0 Å². The van der Waals surface area contributed by atoms with Crippen LogP contribution in [0, 0.1) is 12.8 Å². The lowest BCUT2D eigenvalue weighted by atomic mass is 9.91. The first kappa shape index (κ1) is 53.1. The minimum absolute atomic E-state index is 0.0565. The molecule has 0 radical (unpaired) electrons. The average Bonchev–Trinajstić information content (AvgIpc) is 4.28. The van der Waals surface area contributed by atoms with Gasteiger partial charge in [0, 0.05) is 100 Å². The van der Waals surface area contributed by atoms with Crippen molar-refractivity contribution in [3.63, 3.8) is 0 Å². The van der Waals surface area contributed by atoms with Gasteiger partial charge in [-0.25, -0.2) is 9.97 Å². The highest BCUT2D eigenvalue weighted by molar-refractivity contribution is 7.13. The minimum atomic E-state index is -0.825. The number of fused-ring (bicyclic) bond motifs is 2. The van der Waals surface area contributed by atoms with Crippen LogP contribution in [0.15, 0.2) is 89.0 Å². The van der Waals surface area contributed by atoms with Crippen LogP contribution in [0.5, 0.6) is 17.5 Å². The summed E-state index contributed by atoms with van der Waals surface area (Å²) in [4.78, 5) is 46.8. The lowest BCUT2D eigenvalue weighted by molar-refractivity contribution is -0.141. The monoisotopic (exact) mass is 1080 g/mol. The molecular formula is C58H71N11O8S. The van der Waals surface area contributed by atoms with Gasteiger partial charge in [0.2, 0.25) is 17.7 Å². The van der Waals surface area contributed by atoms with E-state index >= 15 is 0 Å². The predicted octanol–water partition coefficient (Wildman–Crippen LogP) is 7.54. The maximum atomic E-state index is 14.2. The van der Waals surface area contributed by atoms with Crippen LogP contribution in [0.25, 0.3) is 21.7 Å². The van der Waals surface area contributed by atoms with Crippen LogP contribution in [-0.4, -0.2) is 146 Å². The number of benzene rings is 2. The maximum Gasteiger partial charge on any atom is 0.254 e. The second-order valence-electron chi connectivity index (χ2n) is 22.1. The number of aromatic nitrogens is 5. The minimum Gasteiger partial charge on any atom is -0.507 e. The van der Waals surface area contributed by atoms with Gasteiger partial charge in [0.05, 0.1) is 58.4 Å². The van der Waals surface area contributed by atoms with E-state index in [1.165, 1.54) is 4.90 Å². The number of piperazine rings is 1. The molecule has 4 aromatic heterocycles. The lowest BCUT2D eigenvalue weighted by Crippen LogP contribution is -2.54. The number of hydrogen-bond donors (Lipinski definition) is 4. The molecule has 4 saturated heterocycles. The molecule has 1 saturated carbocycles. The maximum absolute atomic E-state index is 14.2. The number of nitrogen functional groups attached to an aromatic ring is 1. The SMILES string of the molecule is Cc1ncsc1-c1ccc([C@H](C)NC(=O)[C@@H]2C[C@@H](O)CN2C(=O)[C@@H](c2cc(OCCCN3CCC(OC4CC(Oc5cc(N6C7CCC6CN(c6cc(-c8ccccc8O)nnc6N)C7)ccn5)C4)CC3)no2)C(C)C)cc1. The largest absolute Gasteiger partial charge is 0.507 e. The van der Waals surface area contributed by atoms with Crippen molar-refractivity contribution >= 4 is 40.3 Å². The van der Waals surface area contributed by atoms with Gasteiger partial charge in [-0.05, 0) is 92.4 Å². The molecule has 4 aliphatic heterocycles. The summed E-state index contributed by atoms with van der Waals surface area (Å²) in [5, 5.41) is 37.0. The highest BCUT2D eigenvalue weighted by Crippen LogP contribution is 2.41. The number of nitrogens with two attached hydrogens (primary N) is 1. The van der Waals surface area contributed by atoms with E-state index in [0.29, 0.717) is 53.3 Å². The normalized spacial score (nSPS) is 23.3. The van der Waals surface area contributed by atoms with Gasteiger partial charge in [0.1, 0.15) is 23.8 Å². The van der Waals surface area contributed by atoms with Crippen LogP contribution in [0.1, 0.15) is 101 Å². The smallest absolute Gasteiger partial charge is 0.254 e. The molecule has 0 spiro atoms. The second-order valence-corrected chi connectivity index (χ2v) is 22.9. The number of piperidine rings is 1. The summed E-state index contributed by atoms with van der Waals surface area (Å²) in [6.45, 7) is 12.6. The van der Waals surface area contributed by atoms with E-state index in [1.54, 1.807) is 29.5 Å². The van der Waals surface area contributed by atoms with Gasteiger partial charge < -0.3 is 59.6 Å². The van der Waals surface area contributed by atoms with E-state index in [0.717, 1.165) is 111 Å². The third kappa shape index (κ3) is 11.6. The van der Waals surface area contributed by atoms with E-state index in [-0.39, 0.29) is 60.8 Å². The van der Waals surface area contributed by atoms with Gasteiger partial charge in [-0.1, -0.05) is 50.2 Å². The van der Waals surface area contributed by atoms with Crippen molar-refractivity contribution in [2.75, 3.05) is 61.4 Å². The number of phenols is 1. The number of aryl methyl sites for hydroxylation is 1. The van der Waals surface area contributed by atoms with E-state index < -0.39 is 18.1 Å². The van der Waals surface area contributed by atoms with Crippen molar-refractivity contribution in [1.82, 2.24) is 40.4 Å². The molecule has 78 heavy (non-hydrogen) atoms. The first-order valence-corrected chi connectivity index (χ1v) is 28.5. The highest BCUT2D eigenvalue weighted by Gasteiger charge is 2.45. The molecule has 2 amide bonds. The number of rotatable bonds is 19. The first-order valence-electron chi connectivity index (χ1n) is 27.7. The number of pyridine rings is 1. The number of thiazole rings is 1. The molecule has 2 aromatic carbocycles. The molecule has 2 bridgehead atoms. The van der Waals surface area contributed by atoms with Crippen LogP contribution in [-0.2, 0) is 14.3 Å². The van der Waals surface area contributed by atoms with Crippen LogP contribution in [0.4, 0.5) is 17.2 Å². The van der Waals surface area contributed by atoms with Gasteiger partial charge in [-0.15, -0.1) is 21.5 Å². The molecule has 5 N–H and O–H groups in total. The Hall–Kier alpha value is -6.87. The third-order valence-electron chi connectivity index (χ3n) is 16.3. The summed E-state index contributed by atoms with van der Waals surface area (Å²) in [6.07, 6.45) is 8.22. The van der Waals surface area contributed by atoms with Crippen LogP contribution >= 0.6 is 11.3 Å². The lowest BCUT2D eigenvalue weighted by Gasteiger charge is -2.43. The Bertz CT molecular complexity index is 3020. The molecular weight excluding hydrogens is 1010 g/mol. The Morgan fingerprint density at radius 1 is 0.885 bits per heavy atom. The Morgan fingerprint density at radius 2 is 1.65 bits per heavy atom. The van der Waals surface area contributed by atoms with E-state index in [4.69, 9.17) is 24.5 Å². The van der Waals surface area contributed by atoms with Gasteiger partial charge in [0.25, 0.3) is 5.88 Å². The number of β-amino-alcohol motifs (C(OH)–C–C–N with tert-alkyl or cyclic N) is 1. The Morgan fingerprint density at radius 3 is 2.38 bits per heavy atom. The van der Waals surface area contributed by atoms with Crippen molar-refractivity contribution in [3.05, 3.63) is 102 Å².